The average Bonchev–Trinajstić information content (AvgIpc) is 2.64. The molecule has 0 radical (unpaired) electrons. The molecule has 0 saturated heterocycles. The molecule has 0 bridgehead atoms. The SMILES string of the molecule is CC(C)(COc1cccc2c1C(N)=NS(=O)(=O)N2)NC(=O)c1ccnc(S(C)(=O)=O)c1. The van der Waals surface area contributed by atoms with Gasteiger partial charge >= 0.3 is 10.2 Å². The lowest BCUT2D eigenvalue weighted by Gasteiger charge is -2.27. The van der Waals surface area contributed by atoms with E-state index in [1.54, 1.807) is 26.0 Å². The van der Waals surface area contributed by atoms with Gasteiger partial charge in [-0.3, -0.25) is 9.52 Å². The van der Waals surface area contributed by atoms with Gasteiger partial charge in [0.1, 0.15) is 12.4 Å². The van der Waals surface area contributed by atoms with Gasteiger partial charge in [0.2, 0.25) is 0 Å². The highest BCUT2D eigenvalue weighted by Crippen LogP contribution is 2.30. The van der Waals surface area contributed by atoms with E-state index >= 15 is 0 Å². The average molecular weight is 468 g/mol. The molecule has 0 spiro atoms. The Bertz CT molecular complexity index is 1290. The Morgan fingerprint density at radius 1 is 1.29 bits per heavy atom. The summed E-state index contributed by atoms with van der Waals surface area (Å²) in [5.74, 6) is -0.437. The van der Waals surface area contributed by atoms with Gasteiger partial charge in [0.15, 0.2) is 20.7 Å². The van der Waals surface area contributed by atoms with Crippen LogP contribution in [0.3, 0.4) is 0 Å². The molecule has 0 atom stereocenters. The molecule has 0 aliphatic carbocycles. The lowest BCUT2D eigenvalue weighted by Crippen LogP contribution is -2.48. The molecule has 13 heteroatoms. The van der Waals surface area contributed by atoms with Crippen molar-refractivity contribution >= 4 is 37.5 Å². The lowest BCUT2D eigenvalue weighted by molar-refractivity contribution is 0.0880. The van der Waals surface area contributed by atoms with E-state index in [9.17, 15) is 21.6 Å². The van der Waals surface area contributed by atoms with E-state index in [1.807, 2.05) is 0 Å². The van der Waals surface area contributed by atoms with Crippen molar-refractivity contribution in [2.24, 2.45) is 10.1 Å². The summed E-state index contributed by atoms with van der Waals surface area (Å²) in [7, 11) is -7.47. The summed E-state index contributed by atoms with van der Waals surface area (Å²) in [6.07, 6.45) is 2.25. The molecule has 2 aromatic rings. The topological polar surface area (TPSA) is 170 Å². The van der Waals surface area contributed by atoms with Crippen LogP contribution in [0.1, 0.15) is 29.8 Å². The van der Waals surface area contributed by atoms with E-state index in [-0.39, 0.29) is 34.5 Å². The fraction of sp³-hybridized carbons (Fsp3) is 0.278. The number of nitrogens with zero attached hydrogens (tertiary/aromatic N) is 2. The number of aromatic nitrogens is 1. The van der Waals surface area contributed by atoms with Crippen LogP contribution in [0, 0.1) is 0 Å². The number of pyridine rings is 1. The normalized spacial score (nSPS) is 15.3. The van der Waals surface area contributed by atoms with Gasteiger partial charge in [-0.1, -0.05) is 6.07 Å². The van der Waals surface area contributed by atoms with Gasteiger partial charge in [-0.15, -0.1) is 4.40 Å². The lowest BCUT2D eigenvalue weighted by atomic mass is 10.1. The zero-order chi connectivity index (χ0) is 23.0. The van der Waals surface area contributed by atoms with Crippen molar-refractivity contribution < 1.29 is 26.4 Å². The number of rotatable bonds is 6. The van der Waals surface area contributed by atoms with Crippen LogP contribution in [0.2, 0.25) is 0 Å². The van der Waals surface area contributed by atoms with Crippen molar-refractivity contribution in [1.29, 1.82) is 0 Å². The smallest absolute Gasteiger partial charge is 0.344 e. The number of anilines is 1. The second-order valence-electron chi connectivity index (χ2n) is 7.51. The maximum atomic E-state index is 12.6. The van der Waals surface area contributed by atoms with Crippen LogP contribution < -0.4 is 20.5 Å². The molecule has 31 heavy (non-hydrogen) atoms. The van der Waals surface area contributed by atoms with E-state index < -0.39 is 31.5 Å². The van der Waals surface area contributed by atoms with E-state index in [1.165, 1.54) is 24.4 Å². The minimum absolute atomic E-state index is 0.000754. The van der Waals surface area contributed by atoms with E-state index in [0.29, 0.717) is 5.56 Å². The Kier molecular flexibility index (Phi) is 5.67. The van der Waals surface area contributed by atoms with Crippen LogP contribution in [0.5, 0.6) is 5.75 Å². The quantitative estimate of drug-likeness (QED) is 0.550. The number of nitrogens with one attached hydrogen (secondary N) is 2. The molecule has 1 aromatic heterocycles. The van der Waals surface area contributed by atoms with Gasteiger partial charge in [0, 0.05) is 18.0 Å². The van der Waals surface area contributed by atoms with Gasteiger partial charge in [-0.05, 0) is 38.1 Å². The number of nitrogens with two attached hydrogens (primary N) is 1. The summed E-state index contributed by atoms with van der Waals surface area (Å²) in [6.45, 7) is 3.41. The monoisotopic (exact) mass is 467 g/mol. The van der Waals surface area contributed by atoms with Crippen molar-refractivity contribution in [3.05, 3.63) is 47.7 Å². The van der Waals surface area contributed by atoms with Gasteiger partial charge < -0.3 is 15.8 Å². The molecule has 3 rings (SSSR count). The van der Waals surface area contributed by atoms with Crippen molar-refractivity contribution in [2.75, 3.05) is 17.6 Å². The Labute approximate surface area is 179 Å². The Morgan fingerprint density at radius 2 is 2.00 bits per heavy atom. The zero-order valence-corrected chi connectivity index (χ0v) is 18.5. The van der Waals surface area contributed by atoms with Crippen LogP contribution in [-0.2, 0) is 20.0 Å². The molecule has 1 aliphatic heterocycles. The number of fused-ring (bicyclic) bond motifs is 1. The van der Waals surface area contributed by atoms with Crippen molar-refractivity contribution in [2.45, 2.75) is 24.4 Å². The number of sulfone groups is 1. The summed E-state index contributed by atoms with van der Waals surface area (Å²) in [6, 6.07) is 7.30. The van der Waals surface area contributed by atoms with E-state index in [2.05, 4.69) is 19.4 Å². The molecule has 1 aromatic carbocycles. The van der Waals surface area contributed by atoms with Gasteiger partial charge in [0.25, 0.3) is 5.91 Å². The maximum absolute atomic E-state index is 12.6. The first kappa shape index (κ1) is 22.5. The second-order valence-corrected chi connectivity index (χ2v) is 10.8. The summed E-state index contributed by atoms with van der Waals surface area (Å²) in [4.78, 5) is 16.4. The Balaban J connectivity index is 1.75. The number of amides is 1. The first-order valence-corrected chi connectivity index (χ1v) is 12.2. The number of benzene rings is 1. The largest absolute Gasteiger partial charge is 0.490 e. The van der Waals surface area contributed by atoms with Crippen molar-refractivity contribution in [1.82, 2.24) is 10.3 Å². The summed E-state index contributed by atoms with van der Waals surface area (Å²) < 4.78 is 58.2. The number of ether oxygens (including phenoxy) is 1. The van der Waals surface area contributed by atoms with E-state index in [0.717, 1.165) is 6.26 Å². The molecule has 0 saturated carbocycles. The molecular weight excluding hydrogens is 446 g/mol. The summed E-state index contributed by atoms with van der Waals surface area (Å²) >= 11 is 0. The zero-order valence-electron chi connectivity index (χ0n) is 16.9. The fourth-order valence-electron chi connectivity index (χ4n) is 2.76. The third-order valence-electron chi connectivity index (χ3n) is 4.16. The molecule has 11 nitrogen and oxygen atoms in total. The van der Waals surface area contributed by atoms with Crippen LogP contribution in [-0.4, -0.2) is 52.0 Å². The van der Waals surface area contributed by atoms with Gasteiger partial charge in [-0.25, -0.2) is 13.4 Å². The van der Waals surface area contributed by atoms with Crippen LogP contribution in [0.25, 0.3) is 0 Å². The third-order valence-corrected chi connectivity index (χ3v) is 6.06. The predicted molar refractivity (Wildman–Crippen MR) is 114 cm³/mol. The number of hydrogen-bond acceptors (Lipinski definition) is 8. The molecule has 1 aliphatic rings. The van der Waals surface area contributed by atoms with Gasteiger partial charge in [-0.2, -0.15) is 8.42 Å². The molecule has 0 fully saturated rings. The Morgan fingerprint density at radius 3 is 2.68 bits per heavy atom. The number of amidine groups is 1. The van der Waals surface area contributed by atoms with Crippen molar-refractivity contribution in [3.8, 4) is 5.75 Å². The second kappa shape index (κ2) is 7.81. The first-order valence-electron chi connectivity index (χ1n) is 8.90. The standard InChI is InChI=1S/C18H21N5O6S2/c1-18(2,21-17(24)11-7-8-20-14(9-11)30(3,25)26)10-29-13-6-4-5-12-15(13)16(19)23-31(27,28)22-12/h4-9,22H,10H2,1-3H3,(H2,19,23)(H,21,24). The van der Waals surface area contributed by atoms with Crippen LogP contribution >= 0.6 is 0 Å². The number of carbonyl (C=O) groups excluding carboxylic acids is 1. The molecule has 4 N–H and O–H groups in total. The number of carbonyl (C=O) groups is 1. The molecule has 166 valence electrons. The molecule has 2 heterocycles. The third kappa shape index (κ3) is 5.30. The molecule has 0 unspecified atom stereocenters. The van der Waals surface area contributed by atoms with Gasteiger partial charge in [0.05, 0.1) is 16.8 Å². The minimum Gasteiger partial charge on any atom is -0.490 e. The minimum atomic E-state index is -3.91. The van der Waals surface area contributed by atoms with Crippen LogP contribution in [0.4, 0.5) is 5.69 Å². The summed E-state index contributed by atoms with van der Waals surface area (Å²) in [5, 5.41) is 2.56. The molecule has 1 amide bonds. The highest BCUT2D eigenvalue weighted by molar-refractivity contribution is 7.91. The maximum Gasteiger partial charge on any atom is 0.344 e. The Hall–Kier alpha value is -3.19. The molecular formula is C18H21N5O6S2. The van der Waals surface area contributed by atoms with Crippen LogP contribution in [0.15, 0.2) is 46.0 Å². The highest BCUT2D eigenvalue weighted by Gasteiger charge is 2.27. The van der Waals surface area contributed by atoms with Crippen molar-refractivity contribution in [3.63, 3.8) is 0 Å². The summed E-state index contributed by atoms with van der Waals surface area (Å²) in [5.41, 5.74) is 5.58. The highest BCUT2D eigenvalue weighted by atomic mass is 32.2. The predicted octanol–water partition coefficient (Wildman–Crippen LogP) is 0.448. The fourth-order valence-corrected chi connectivity index (χ4v) is 4.20. The van der Waals surface area contributed by atoms with E-state index in [4.69, 9.17) is 10.5 Å². The number of hydrogen-bond donors (Lipinski definition) is 3. The first-order chi connectivity index (χ1) is 14.3.